The summed E-state index contributed by atoms with van der Waals surface area (Å²) in [5.74, 6) is -1.48. The van der Waals surface area contributed by atoms with Crippen molar-refractivity contribution in [1.29, 1.82) is 0 Å². The van der Waals surface area contributed by atoms with Crippen LogP contribution in [-0.2, 0) is 13.5 Å². The molecule has 0 aliphatic carbocycles. The van der Waals surface area contributed by atoms with Gasteiger partial charge in [0.1, 0.15) is 6.20 Å². The van der Waals surface area contributed by atoms with E-state index in [2.05, 4.69) is 37.8 Å². The first-order valence-corrected chi connectivity index (χ1v) is 17.8. The fraction of sp³-hybridized carbons (Fsp3) is 0.405. The van der Waals surface area contributed by atoms with Gasteiger partial charge in [0, 0.05) is 74.6 Å². The van der Waals surface area contributed by atoms with Crippen LogP contribution in [0.2, 0.25) is 0 Å². The second-order valence-corrected chi connectivity index (χ2v) is 14.3. The molecule has 5 heterocycles. The third-order valence-electron chi connectivity index (χ3n) is 10.5. The Balaban J connectivity index is 0.00000497. The second kappa shape index (κ2) is 16.2. The second-order valence-electron chi connectivity index (χ2n) is 14.3. The van der Waals surface area contributed by atoms with E-state index in [9.17, 15) is 14.7 Å². The summed E-state index contributed by atoms with van der Waals surface area (Å²) in [5, 5.41) is 23.6. The Morgan fingerprint density at radius 2 is 1.85 bits per heavy atom. The van der Waals surface area contributed by atoms with Crippen LogP contribution in [0.15, 0.2) is 55.1 Å². The lowest BCUT2D eigenvalue weighted by Gasteiger charge is -2.42. The number of imidazole rings is 1. The molecule has 0 radical (unpaired) electrons. The monoisotopic (exact) mass is 856 g/mol. The van der Waals surface area contributed by atoms with Crippen molar-refractivity contribution in [2.45, 2.75) is 32.6 Å². The first kappa shape index (κ1) is 38.8. The van der Waals surface area contributed by atoms with Crippen molar-refractivity contribution in [2.75, 3.05) is 51.6 Å². The summed E-state index contributed by atoms with van der Waals surface area (Å²) < 4.78 is 38.4. The zero-order valence-corrected chi connectivity index (χ0v) is 32.5. The van der Waals surface area contributed by atoms with E-state index in [0.29, 0.717) is 66.3 Å². The first-order chi connectivity index (χ1) is 25.5. The van der Waals surface area contributed by atoms with Gasteiger partial charge < -0.3 is 53.8 Å². The highest BCUT2D eigenvalue weighted by Gasteiger charge is 2.36. The van der Waals surface area contributed by atoms with Crippen LogP contribution in [0.4, 0.5) is 25.1 Å². The van der Waals surface area contributed by atoms with Crippen LogP contribution in [0.3, 0.4) is 0 Å². The van der Waals surface area contributed by atoms with Gasteiger partial charge in [-0.1, -0.05) is 6.92 Å². The Hall–Kier alpha value is -4.91. The number of carboxylic acid groups (broad SMARTS) is 1. The maximum Gasteiger partial charge on any atom is 0.407 e. The van der Waals surface area contributed by atoms with Gasteiger partial charge >= 0.3 is 6.09 Å². The number of carbonyl (C=O) groups excluding carboxylic acids is 1. The molecular weight excluding hydrogens is 813 g/mol. The zero-order valence-electron chi connectivity index (χ0n) is 30.3. The van der Waals surface area contributed by atoms with E-state index >= 15 is 8.78 Å². The number of likely N-dealkylation sites (tertiary alicyclic amines) is 2. The number of hydrogen-bond acceptors (Lipinski definition) is 8. The number of nitrogens with zero attached hydrogens (tertiary/aromatic N) is 8. The third kappa shape index (κ3) is 8.25. The van der Waals surface area contributed by atoms with Crippen molar-refractivity contribution in [3.8, 4) is 22.9 Å². The number of aromatic nitrogens is 6. The molecule has 0 bridgehead atoms. The van der Waals surface area contributed by atoms with Gasteiger partial charge in [-0.2, -0.15) is 14.3 Å². The van der Waals surface area contributed by atoms with Gasteiger partial charge in [0.05, 0.1) is 38.6 Å². The minimum absolute atomic E-state index is 0. The molecule has 17 heteroatoms. The Labute approximate surface area is 328 Å². The van der Waals surface area contributed by atoms with Crippen LogP contribution in [-0.4, -0.2) is 102 Å². The maximum absolute atomic E-state index is 15.4. The Morgan fingerprint density at radius 3 is 2.56 bits per heavy atom. The lowest BCUT2D eigenvalue weighted by atomic mass is 9.93. The summed E-state index contributed by atoms with van der Waals surface area (Å²) >= 11 is 0. The number of nitrogens with one attached hydrogen (secondary N) is 2. The normalized spacial score (nSPS) is 19.8. The highest BCUT2D eigenvalue weighted by molar-refractivity contribution is 5.96. The minimum Gasteiger partial charge on any atom is -1.00 e. The average Bonchev–Trinajstić information content (AvgIpc) is 3.90. The van der Waals surface area contributed by atoms with Gasteiger partial charge in [0.15, 0.2) is 23.0 Å². The third-order valence-corrected chi connectivity index (χ3v) is 10.5. The molecule has 2 fully saturated rings. The van der Waals surface area contributed by atoms with E-state index in [1.165, 1.54) is 40.4 Å². The van der Waals surface area contributed by atoms with E-state index in [1.807, 2.05) is 19.1 Å². The SMILES string of the molecule is CCc1cc(Nc2nccn3c(-c4ccc(Oc5cnn(C)n5)c(F)c4F)cnc23)ccc1C(=O)NCC1CC[N+](C)(CC2CCN(C(=O)O)C2)CC1.[I-]. The molecule has 3 N–H and O–H groups in total. The van der Waals surface area contributed by atoms with Crippen molar-refractivity contribution in [2.24, 2.45) is 18.9 Å². The van der Waals surface area contributed by atoms with Crippen LogP contribution in [0.25, 0.3) is 16.9 Å². The fourth-order valence-electron chi connectivity index (χ4n) is 7.57. The molecule has 2 aliphatic rings. The number of aryl methyl sites for hydroxylation is 2. The van der Waals surface area contributed by atoms with E-state index in [0.717, 1.165) is 48.9 Å². The molecule has 54 heavy (non-hydrogen) atoms. The molecule has 1 unspecified atom stereocenters. The van der Waals surface area contributed by atoms with Crippen molar-refractivity contribution >= 4 is 29.2 Å². The molecule has 2 amide bonds. The van der Waals surface area contributed by atoms with Gasteiger partial charge in [-0.25, -0.2) is 19.2 Å². The molecule has 2 saturated heterocycles. The maximum atomic E-state index is 15.4. The summed E-state index contributed by atoms with van der Waals surface area (Å²) in [6.45, 7) is 6.86. The van der Waals surface area contributed by atoms with E-state index in [4.69, 9.17) is 4.74 Å². The fourth-order valence-corrected chi connectivity index (χ4v) is 7.57. The van der Waals surface area contributed by atoms with Gasteiger partial charge in [0.2, 0.25) is 5.82 Å². The number of ether oxygens (including phenoxy) is 1. The number of carbonyl (C=O) groups is 2. The molecule has 2 aliphatic heterocycles. The van der Waals surface area contributed by atoms with Crippen molar-refractivity contribution in [3.05, 3.63) is 77.9 Å². The number of hydrogen-bond donors (Lipinski definition) is 3. The van der Waals surface area contributed by atoms with E-state index in [1.54, 1.807) is 23.7 Å². The number of halogens is 3. The topological polar surface area (TPSA) is 152 Å². The zero-order chi connectivity index (χ0) is 37.3. The quantitative estimate of drug-likeness (QED) is 0.135. The van der Waals surface area contributed by atoms with Gasteiger partial charge in [0.25, 0.3) is 11.8 Å². The number of benzene rings is 2. The molecule has 5 aromatic rings. The van der Waals surface area contributed by atoms with Gasteiger partial charge in [-0.3, -0.25) is 9.20 Å². The highest BCUT2D eigenvalue weighted by Crippen LogP contribution is 2.33. The van der Waals surface area contributed by atoms with Crippen molar-refractivity contribution in [1.82, 2.24) is 39.6 Å². The van der Waals surface area contributed by atoms with Gasteiger partial charge in [-0.05, 0) is 54.7 Å². The van der Waals surface area contributed by atoms with E-state index in [-0.39, 0.29) is 47.1 Å². The number of piperidine rings is 1. The Kier molecular flexibility index (Phi) is 11.7. The standard InChI is InChI=1S/C37H42F2N10O4.HI/c1-4-25-17-26(5-6-27(25)36(50)42-18-23-10-15-49(3,16-11-23)22-24-9-13-47(21-24)37(51)52)44-34-35-41-19-29(48(35)14-12-40-34)28-7-8-30(33(39)32(28)38)53-31-20-43-46(2)45-31;/h5-8,12,14,17,19-20,23-24H,4,9-11,13,15-16,18,21-22H2,1-3H3,(H2-,40,42,44,50,51,52);1H. The molecular formula is C37H43F2IN10O4. The number of quaternary nitrogens is 1. The van der Waals surface area contributed by atoms with Crippen LogP contribution < -0.4 is 39.3 Å². The molecule has 1 atom stereocenters. The van der Waals surface area contributed by atoms with Crippen molar-refractivity contribution < 1.29 is 56.7 Å². The number of amides is 2. The summed E-state index contributed by atoms with van der Waals surface area (Å²) in [6, 6.07) is 8.26. The molecule has 286 valence electrons. The predicted molar refractivity (Wildman–Crippen MR) is 192 cm³/mol. The summed E-state index contributed by atoms with van der Waals surface area (Å²) in [6.07, 6.45) is 8.65. The molecule has 0 spiro atoms. The van der Waals surface area contributed by atoms with Crippen molar-refractivity contribution in [3.63, 3.8) is 0 Å². The number of anilines is 2. The first-order valence-electron chi connectivity index (χ1n) is 17.8. The Bertz CT molecular complexity index is 2150. The molecule has 7 rings (SSSR count). The molecule has 14 nitrogen and oxygen atoms in total. The smallest absolute Gasteiger partial charge is 0.407 e. The van der Waals surface area contributed by atoms with Crippen LogP contribution in [0, 0.1) is 23.5 Å². The minimum atomic E-state index is -1.17. The Morgan fingerprint density at radius 1 is 1.06 bits per heavy atom. The number of rotatable bonds is 11. The molecule has 2 aromatic carbocycles. The summed E-state index contributed by atoms with van der Waals surface area (Å²) in [7, 11) is 3.85. The molecule has 3 aromatic heterocycles. The van der Waals surface area contributed by atoms with E-state index < -0.39 is 17.7 Å². The molecule has 0 saturated carbocycles. The summed E-state index contributed by atoms with van der Waals surface area (Å²) in [4.78, 5) is 36.4. The van der Waals surface area contributed by atoms with Crippen LogP contribution in [0.5, 0.6) is 11.6 Å². The van der Waals surface area contributed by atoms with Crippen LogP contribution in [0.1, 0.15) is 42.1 Å². The lowest BCUT2D eigenvalue weighted by Crippen LogP contribution is -3.00. The largest absolute Gasteiger partial charge is 1.00 e. The highest BCUT2D eigenvalue weighted by atomic mass is 127. The number of fused-ring (bicyclic) bond motifs is 1. The predicted octanol–water partition coefficient (Wildman–Crippen LogP) is 2.49. The average molecular weight is 857 g/mol. The van der Waals surface area contributed by atoms with Gasteiger partial charge in [-0.15, -0.1) is 5.10 Å². The lowest BCUT2D eigenvalue weighted by molar-refractivity contribution is -0.918. The van der Waals surface area contributed by atoms with Crippen LogP contribution >= 0.6 is 0 Å². The summed E-state index contributed by atoms with van der Waals surface area (Å²) in [5.41, 5.74) is 2.87.